The van der Waals surface area contributed by atoms with E-state index in [4.69, 9.17) is 0 Å². The van der Waals surface area contributed by atoms with E-state index >= 15 is 0 Å². The van der Waals surface area contributed by atoms with Crippen LogP contribution in [0, 0.1) is 0 Å². The summed E-state index contributed by atoms with van der Waals surface area (Å²) in [5, 5.41) is 4.03. The zero-order valence-corrected chi connectivity index (χ0v) is 10.5. The van der Waals surface area contributed by atoms with Gasteiger partial charge in [-0.05, 0) is 30.4 Å². The molecule has 1 saturated carbocycles. The molecule has 0 aliphatic heterocycles. The lowest BCUT2D eigenvalue weighted by Crippen LogP contribution is -2.10. The van der Waals surface area contributed by atoms with Crippen molar-refractivity contribution < 1.29 is 4.79 Å². The number of aryl methyl sites for hydroxylation is 1. The summed E-state index contributed by atoms with van der Waals surface area (Å²) in [5.41, 5.74) is 2.73. The van der Waals surface area contributed by atoms with Gasteiger partial charge < -0.3 is 0 Å². The molecule has 0 atom stereocenters. The van der Waals surface area contributed by atoms with Crippen LogP contribution >= 0.6 is 0 Å². The summed E-state index contributed by atoms with van der Waals surface area (Å²) in [4.78, 5) is 12.2. The summed E-state index contributed by atoms with van der Waals surface area (Å²) in [6, 6.07) is 9.80. The molecule has 0 N–H and O–H groups in total. The average Bonchev–Trinajstić information content (AvgIpc) is 2.73. The molecule has 0 unspecified atom stereocenters. The number of ketones is 1. The van der Waals surface area contributed by atoms with Crippen LogP contribution in [0.4, 0.5) is 0 Å². The lowest BCUT2D eigenvalue weighted by atomic mass is 9.80. The first-order chi connectivity index (χ1) is 8.75. The predicted octanol–water partition coefficient (Wildman–Crippen LogP) is 2.92. The first kappa shape index (κ1) is 11.2. The van der Waals surface area contributed by atoms with Gasteiger partial charge in [0.2, 0.25) is 5.78 Å². The normalized spacial score (nSPS) is 15.4. The predicted molar refractivity (Wildman–Crippen MR) is 69.7 cm³/mol. The number of benzene rings is 1. The van der Waals surface area contributed by atoms with Gasteiger partial charge in [0.1, 0.15) is 5.69 Å². The monoisotopic (exact) mass is 240 g/mol. The van der Waals surface area contributed by atoms with Crippen molar-refractivity contribution in [2.75, 3.05) is 0 Å². The van der Waals surface area contributed by atoms with E-state index in [-0.39, 0.29) is 5.78 Å². The number of hydrogen-bond acceptors (Lipinski definition) is 2. The quantitative estimate of drug-likeness (QED) is 0.773. The average molecular weight is 240 g/mol. The van der Waals surface area contributed by atoms with Gasteiger partial charge in [-0.3, -0.25) is 9.48 Å². The Kier molecular flexibility index (Phi) is 2.74. The third-order valence-electron chi connectivity index (χ3n) is 3.80. The molecule has 1 heterocycles. The van der Waals surface area contributed by atoms with Gasteiger partial charge in [0, 0.05) is 18.8 Å². The van der Waals surface area contributed by atoms with Crippen molar-refractivity contribution in [3.8, 4) is 0 Å². The Labute approximate surface area is 106 Å². The molecule has 3 rings (SSSR count). The molecule has 0 spiro atoms. The van der Waals surface area contributed by atoms with Crippen LogP contribution < -0.4 is 0 Å². The van der Waals surface area contributed by atoms with Gasteiger partial charge in [-0.15, -0.1) is 0 Å². The van der Waals surface area contributed by atoms with Gasteiger partial charge in [-0.1, -0.05) is 30.7 Å². The van der Waals surface area contributed by atoms with E-state index in [1.165, 1.54) is 24.8 Å². The number of carbonyl (C=O) groups excluding carboxylic acids is 1. The molecule has 0 radical (unpaired) electrons. The Balaban J connectivity index is 1.84. The molecule has 1 aromatic heterocycles. The van der Waals surface area contributed by atoms with Crippen LogP contribution in [-0.2, 0) is 7.05 Å². The van der Waals surface area contributed by atoms with Crippen molar-refractivity contribution in [1.82, 2.24) is 9.78 Å². The van der Waals surface area contributed by atoms with E-state index < -0.39 is 0 Å². The summed E-state index contributed by atoms with van der Waals surface area (Å²) in [5.74, 6) is 0.751. The standard InChI is InChI=1S/C15H16N2O/c1-17-14(9-10-16-17)15(18)13-7-5-12(6-8-13)11-3-2-4-11/h5-11H,2-4H2,1H3. The van der Waals surface area contributed by atoms with Crippen LogP contribution in [0.1, 0.15) is 46.8 Å². The maximum atomic E-state index is 12.2. The smallest absolute Gasteiger partial charge is 0.211 e. The first-order valence-electron chi connectivity index (χ1n) is 6.38. The Morgan fingerprint density at radius 2 is 1.94 bits per heavy atom. The van der Waals surface area contributed by atoms with Crippen LogP contribution in [0.25, 0.3) is 0 Å². The van der Waals surface area contributed by atoms with Crippen LogP contribution in [0.15, 0.2) is 36.5 Å². The molecular formula is C15H16N2O. The van der Waals surface area contributed by atoms with Gasteiger partial charge >= 0.3 is 0 Å². The third-order valence-corrected chi connectivity index (χ3v) is 3.80. The van der Waals surface area contributed by atoms with E-state index in [1.807, 2.05) is 12.1 Å². The minimum Gasteiger partial charge on any atom is -0.287 e. The Hall–Kier alpha value is -1.90. The van der Waals surface area contributed by atoms with E-state index in [1.54, 1.807) is 24.0 Å². The van der Waals surface area contributed by atoms with Crippen LogP contribution in [-0.4, -0.2) is 15.6 Å². The molecule has 0 saturated heterocycles. The minimum absolute atomic E-state index is 0.0372. The number of rotatable bonds is 3. The lowest BCUT2D eigenvalue weighted by molar-refractivity contribution is 0.103. The summed E-state index contributed by atoms with van der Waals surface area (Å²) < 4.78 is 1.61. The van der Waals surface area contributed by atoms with E-state index in [2.05, 4.69) is 17.2 Å². The molecule has 18 heavy (non-hydrogen) atoms. The lowest BCUT2D eigenvalue weighted by Gasteiger charge is -2.25. The molecule has 3 nitrogen and oxygen atoms in total. The third kappa shape index (κ3) is 1.86. The molecule has 92 valence electrons. The molecule has 1 aliphatic rings. The highest BCUT2D eigenvalue weighted by Gasteiger charge is 2.20. The van der Waals surface area contributed by atoms with Crippen molar-refractivity contribution in [2.24, 2.45) is 7.05 Å². The second-order valence-corrected chi connectivity index (χ2v) is 4.92. The van der Waals surface area contributed by atoms with Crippen LogP contribution in [0.5, 0.6) is 0 Å². The highest BCUT2D eigenvalue weighted by atomic mass is 16.1. The molecule has 1 fully saturated rings. The highest BCUT2D eigenvalue weighted by molar-refractivity contribution is 6.07. The van der Waals surface area contributed by atoms with E-state index in [0.717, 1.165) is 5.56 Å². The molecule has 1 aliphatic carbocycles. The Morgan fingerprint density at radius 1 is 1.22 bits per heavy atom. The topological polar surface area (TPSA) is 34.9 Å². The van der Waals surface area contributed by atoms with Gasteiger partial charge in [0.05, 0.1) is 0 Å². The van der Waals surface area contributed by atoms with Gasteiger partial charge in [0.15, 0.2) is 0 Å². The van der Waals surface area contributed by atoms with Crippen LogP contribution in [0.2, 0.25) is 0 Å². The first-order valence-corrected chi connectivity index (χ1v) is 6.38. The van der Waals surface area contributed by atoms with Crippen molar-refractivity contribution in [3.05, 3.63) is 53.3 Å². The summed E-state index contributed by atoms with van der Waals surface area (Å²) in [7, 11) is 1.79. The fraction of sp³-hybridized carbons (Fsp3) is 0.333. The fourth-order valence-electron chi connectivity index (χ4n) is 2.39. The van der Waals surface area contributed by atoms with Crippen molar-refractivity contribution in [1.29, 1.82) is 0 Å². The molecule has 3 heteroatoms. The number of carbonyl (C=O) groups is 1. The molecule has 1 aromatic carbocycles. The van der Waals surface area contributed by atoms with Crippen molar-refractivity contribution in [3.63, 3.8) is 0 Å². The van der Waals surface area contributed by atoms with Gasteiger partial charge in [0.25, 0.3) is 0 Å². The summed E-state index contributed by atoms with van der Waals surface area (Å²) in [6.45, 7) is 0. The SMILES string of the molecule is Cn1nccc1C(=O)c1ccc(C2CCC2)cc1. The highest BCUT2D eigenvalue weighted by Crippen LogP contribution is 2.36. The maximum absolute atomic E-state index is 12.2. The number of nitrogens with zero attached hydrogens (tertiary/aromatic N) is 2. The maximum Gasteiger partial charge on any atom is 0.211 e. The van der Waals surface area contributed by atoms with Gasteiger partial charge in [-0.2, -0.15) is 5.10 Å². The minimum atomic E-state index is 0.0372. The van der Waals surface area contributed by atoms with Crippen molar-refractivity contribution in [2.45, 2.75) is 25.2 Å². The Morgan fingerprint density at radius 3 is 2.44 bits per heavy atom. The zero-order chi connectivity index (χ0) is 12.5. The molecule has 0 amide bonds. The summed E-state index contributed by atoms with van der Waals surface area (Å²) in [6.07, 6.45) is 5.56. The number of aromatic nitrogens is 2. The van der Waals surface area contributed by atoms with Gasteiger partial charge in [-0.25, -0.2) is 0 Å². The second-order valence-electron chi connectivity index (χ2n) is 4.92. The second kappa shape index (κ2) is 4.41. The summed E-state index contributed by atoms with van der Waals surface area (Å²) >= 11 is 0. The molecule has 2 aromatic rings. The van der Waals surface area contributed by atoms with E-state index in [9.17, 15) is 4.79 Å². The zero-order valence-electron chi connectivity index (χ0n) is 10.5. The molecular weight excluding hydrogens is 224 g/mol. The Bertz CT molecular complexity index is 564. The largest absolute Gasteiger partial charge is 0.287 e. The van der Waals surface area contributed by atoms with E-state index in [0.29, 0.717) is 11.6 Å². The molecule has 0 bridgehead atoms. The number of hydrogen-bond donors (Lipinski definition) is 0. The van der Waals surface area contributed by atoms with Crippen molar-refractivity contribution >= 4 is 5.78 Å². The van der Waals surface area contributed by atoms with Crippen LogP contribution in [0.3, 0.4) is 0 Å². The fourth-order valence-corrected chi connectivity index (χ4v) is 2.39.